The standard InChI is InChI=1S/C8H16N2O/c1-8(2)3-5-10(6-4-9)7(8)11/h3-6,9H2,1-2H3. The van der Waals surface area contributed by atoms with E-state index in [0.29, 0.717) is 13.1 Å². The molecule has 2 N–H and O–H groups in total. The maximum Gasteiger partial charge on any atom is 0.228 e. The summed E-state index contributed by atoms with van der Waals surface area (Å²) in [4.78, 5) is 13.3. The fraction of sp³-hybridized carbons (Fsp3) is 0.875. The van der Waals surface area contributed by atoms with E-state index >= 15 is 0 Å². The first-order valence-corrected chi connectivity index (χ1v) is 4.07. The molecule has 1 aliphatic rings. The normalized spacial score (nSPS) is 22.8. The lowest BCUT2D eigenvalue weighted by molar-refractivity contribution is -0.134. The highest BCUT2D eigenvalue weighted by molar-refractivity contribution is 5.83. The van der Waals surface area contributed by atoms with Crippen molar-refractivity contribution in [2.75, 3.05) is 19.6 Å². The fourth-order valence-electron chi connectivity index (χ4n) is 1.42. The van der Waals surface area contributed by atoms with E-state index in [1.807, 2.05) is 18.7 Å². The Morgan fingerprint density at radius 2 is 2.27 bits per heavy atom. The van der Waals surface area contributed by atoms with Crippen molar-refractivity contribution in [3.63, 3.8) is 0 Å². The van der Waals surface area contributed by atoms with E-state index in [4.69, 9.17) is 5.73 Å². The number of nitrogens with zero attached hydrogens (tertiary/aromatic N) is 1. The minimum Gasteiger partial charge on any atom is -0.341 e. The molecule has 1 fully saturated rings. The molecule has 0 aromatic heterocycles. The Bertz CT molecular complexity index is 165. The third-order valence-electron chi connectivity index (χ3n) is 2.27. The number of nitrogens with two attached hydrogens (primary N) is 1. The fourth-order valence-corrected chi connectivity index (χ4v) is 1.42. The number of carbonyl (C=O) groups excluding carboxylic acids is 1. The minimum absolute atomic E-state index is 0.144. The van der Waals surface area contributed by atoms with Crippen LogP contribution in [-0.2, 0) is 4.79 Å². The van der Waals surface area contributed by atoms with Gasteiger partial charge in [0.2, 0.25) is 5.91 Å². The van der Waals surface area contributed by atoms with Crippen LogP contribution in [0.2, 0.25) is 0 Å². The molecule has 0 aliphatic carbocycles. The largest absolute Gasteiger partial charge is 0.341 e. The highest BCUT2D eigenvalue weighted by atomic mass is 16.2. The molecule has 1 rings (SSSR count). The molecule has 0 bridgehead atoms. The van der Waals surface area contributed by atoms with Gasteiger partial charge in [-0.3, -0.25) is 4.79 Å². The molecule has 0 radical (unpaired) electrons. The van der Waals surface area contributed by atoms with Crippen molar-refractivity contribution in [3.8, 4) is 0 Å². The molecule has 0 atom stereocenters. The molecule has 11 heavy (non-hydrogen) atoms. The zero-order valence-corrected chi connectivity index (χ0v) is 7.26. The minimum atomic E-state index is -0.144. The highest BCUT2D eigenvalue weighted by Crippen LogP contribution is 2.29. The summed E-state index contributed by atoms with van der Waals surface area (Å²) in [6.07, 6.45) is 0.964. The van der Waals surface area contributed by atoms with Gasteiger partial charge in [-0.1, -0.05) is 13.8 Å². The lowest BCUT2D eigenvalue weighted by Crippen LogP contribution is -2.34. The van der Waals surface area contributed by atoms with Crippen LogP contribution < -0.4 is 5.73 Å². The van der Waals surface area contributed by atoms with Crippen molar-refractivity contribution in [3.05, 3.63) is 0 Å². The van der Waals surface area contributed by atoms with Gasteiger partial charge in [0, 0.05) is 25.0 Å². The summed E-state index contributed by atoms with van der Waals surface area (Å²) in [5.74, 6) is 0.253. The lowest BCUT2D eigenvalue weighted by Gasteiger charge is -2.18. The Balaban J connectivity index is 2.56. The third-order valence-corrected chi connectivity index (χ3v) is 2.27. The smallest absolute Gasteiger partial charge is 0.228 e. The van der Waals surface area contributed by atoms with Gasteiger partial charge in [-0.05, 0) is 6.42 Å². The molecule has 0 aromatic rings. The van der Waals surface area contributed by atoms with Crippen LogP contribution >= 0.6 is 0 Å². The first-order chi connectivity index (χ1) is 5.08. The van der Waals surface area contributed by atoms with Gasteiger partial charge in [0.1, 0.15) is 0 Å². The van der Waals surface area contributed by atoms with Crippen LogP contribution in [0.4, 0.5) is 0 Å². The number of amides is 1. The molecule has 0 saturated carbocycles. The van der Waals surface area contributed by atoms with E-state index in [0.717, 1.165) is 13.0 Å². The van der Waals surface area contributed by atoms with E-state index in [-0.39, 0.29) is 11.3 Å². The van der Waals surface area contributed by atoms with E-state index < -0.39 is 0 Å². The number of rotatable bonds is 2. The van der Waals surface area contributed by atoms with Crippen LogP contribution in [0.3, 0.4) is 0 Å². The highest BCUT2D eigenvalue weighted by Gasteiger charge is 2.37. The molecular formula is C8H16N2O. The molecular weight excluding hydrogens is 140 g/mol. The van der Waals surface area contributed by atoms with Gasteiger partial charge in [-0.15, -0.1) is 0 Å². The zero-order chi connectivity index (χ0) is 8.48. The molecule has 0 unspecified atom stereocenters. The second kappa shape index (κ2) is 2.81. The summed E-state index contributed by atoms with van der Waals surface area (Å²) in [7, 11) is 0. The predicted octanol–water partition coefficient (Wildman–Crippen LogP) is 0.204. The summed E-state index contributed by atoms with van der Waals surface area (Å²) in [6.45, 7) is 6.14. The van der Waals surface area contributed by atoms with Crippen LogP contribution in [-0.4, -0.2) is 30.4 Å². The van der Waals surface area contributed by atoms with Crippen LogP contribution in [0.1, 0.15) is 20.3 Å². The average Bonchev–Trinajstić information content (AvgIpc) is 2.17. The number of hydrogen-bond acceptors (Lipinski definition) is 2. The average molecular weight is 156 g/mol. The molecule has 0 spiro atoms. The van der Waals surface area contributed by atoms with Gasteiger partial charge < -0.3 is 10.6 Å². The molecule has 64 valence electrons. The van der Waals surface area contributed by atoms with Crippen molar-refractivity contribution in [2.24, 2.45) is 11.1 Å². The van der Waals surface area contributed by atoms with Crippen molar-refractivity contribution < 1.29 is 4.79 Å². The maximum atomic E-state index is 11.5. The molecule has 1 amide bonds. The monoisotopic (exact) mass is 156 g/mol. The molecule has 3 nitrogen and oxygen atoms in total. The van der Waals surface area contributed by atoms with Gasteiger partial charge in [-0.25, -0.2) is 0 Å². The molecule has 1 saturated heterocycles. The number of hydrogen-bond donors (Lipinski definition) is 1. The van der Waals surface area contributed by atoms with E-state index in [1.165, 1.54) is 0 Å². The van der Waals surface area contributed by atoms with Crippen LogP contribution in [0.5, 0.6) is 0 Å². The Hall–Kier alpha value is -0.570. The first-order valence-electron chi connectivity index (χ1n) is 4.07. The van der Waals surface area contributed by atoms with Crippen molar-refractivity contribution in [1.82, 2.24) is 4.90 Å². The Kier molecular flexibility index (Phi) is 2.18. The predicted molar refractivity (Wildman–Crippen MR) is 44.0 cm³/mol. The molecule has 0 aromatic carbocycles. The maximum absolute atomic E-state index is 11.5. The van der Waals surface area contributed by atoms with Crippen LogP contribution in [0, 0.1) is 5.41 Å². The number of carbonyl (C=O) groups is 1. The van der Waals surface area contributed by atoms with E-state index in [2.05, 4.69) is 0 Å². The Morgan fingerprint density at radius 3 is 2.64 bits per heavy atom. The SMILES string of the molecule is CC1(C)CCN(CCN)C1=O. The summed E-state index contributed by atoms with van der Waals surface area (Å²) >= 11 is 0. The van der Waals surface area contributed by atoms with Gasteiger partial charge >= 0.3 is 0 Å². The third kappa shape index (κ3) is 1.53. The van der Waals surface area contributed by atoms with Crippen molar-refractivity contribution >= 4 is 5.91 Å². The van der Waals surface area contributed by atoms with Crippen molar-refractivity contribution in [2.45, 2.75) is 20.3 Å². The molecule has 3 heteroatoms. The van der Waals surface area contributed by atoms with Crippen LogP contribution in [0.25, 0.3) is 0 Å². The second-order valence-electron chi connectivity index (χ2n) is 3.71. The Labute approximate surface area is 67.5 Å². The first kappa shape index (κ1) is 8.53. The van der Waals surface area contributed by atoms with Gasteiger partial charge in [-0.2, -0.15) is 0 Å². The Morgan fingerprint density at radius 1 is 1.64 bits per heavy atom. The topological polar surface area (TPSA) is 46.3 Å². The second-order valence-corrected chi connectivity index (χ2v) is 3.71. The van der Waals surface area contributed by atoms with Gasteiger partial charge in [0.25, 0.3) is 0 Å². The van der Waals surface area contributed by atoms with Gasteiger partial charge in [0.05, 0.1) is 0 Å². The number of likely N-dealkylation sites (tertiary alicyclic amines) is 1. The molecule has 1 heterocycles. The van der Waals surface area contributed by atoms with Crippen molar-refractivity contribution in [1.29, 1.82) is 0 Å². The van der Waals surface area contributed by atoms with Gasteiger partial charge in [0.15, 0.2) is 0 Å². The summed E-state index contributed by atoms with van der Waals surface area (Å²) in [5, 5.41) is 0. The molecule has 1 aliphatic heterocycles. The summed E-state index contributed by atoms with van der Waals surface area (Å²) in [5.41, 5.74) is 5.22. The summed E-state index contributed by atoms with van der Waals surface area (Å²) in [6, 6.07) is 0. The zero-order valence-electron chi connectivity index (χ0n) is 7.26. The summed E-state index contributed by atoms with van der Waals surface area (Å²) < 4.78 is 0. The van der Waals surface area contributed by atoms with Crippen LogP contribution in [0.15, 0.2) is 0 Å². The van der Waals surface area contributed by atoms with E-state index in [9.17, 15) is 4.79 Å². The quantitative estimate of drug-likeness (QED) is 0.621. The lowest BCUT2D eigenvalue weighted by atomic mass is 9.92. The van der Waals surface area contributed by atoms with E-state index in [1.54, 1.807) is 0 Å².